The van der Waals surface area contributed by atoms with Gasteiger partial charge in [-0.1, -0.05) is 12.1 Å². The van der Waals surface area contributed by atoms with Gasteiger partial charge in [0.05, 0.1) is 5.56 Å². The van der Waals surface area contributed by atoms with Gasteiger partial charge in [-0.3, -0.25) is 10.1 Å². The van der Waals surface area contributed by atoms with Crippen molar-refractivity contribution in [2.24, 2.45) is 0 Å². The van der Waals surface area contributed by atoms with Crippen molar-refractivity contribution in [1.29, 1.82) is 5.26 Å². The molecule has 0 aliphatic carbocycles. The molecule has 0 bridgehead atoms. The zero-order valence-electron chi connectivity index (χ0n) is 10.8. The largest absolute Gasteiger partial charge is 0.480 e. The van der Waals surface area contributed by atoms with Crippen molar-refractivity contribution in [3.63, 3.8) is 0 Å². The summed E-state index contributed by atoms with van der Waals surface area (Å²) in [4.78, 5) is 22.8. The van der Waals surface area contributed by atoms with Crippen LogP contribution in [0.15, 0.2) is 24.3 Å². The highest BCUT2D eigenvalue weighted by Gasteiger charge is 2.18. The molecule has 0 fully saturated rings. The van der Waals surface area contributed by atoms with Crippen LogP contribution < -0.4 is 15.4 Å². The van der Waals surface area contributed by atoms with Gasteiger partial charge in [-0.05, 0) is 26.0 Å². The summed E-state index contributed by atoms with van der Waals surface area (Å²) in [6, 6.07) is 7.97. The van der Waals surface area contributed by atoms with E-state index in [9.17, 15) is 9.59 Å². The van der Waals surface area contributed by atoms with Gasteiger partial charge in [0.25, 0.3) is 5.91 Å². The van der Waals surface area contributed by atoms with Crippen LogP contribution in [0, 0.1) is 11.3 Å². The van der Waals surface area contributed by atoms with Crippen molar-refractivity contribution in [3.8, 4) is 11.8 Å². The lowest BCUT2D eigenvalue weighted by molar-refractivity contribution is -0.126. The average molecular weight is 261 g/mol. The highest BCUT2D eigenvalue weighted by Crippen LogP contribution is 2.17. The molecule has 0 radical (unpaired) electrons. The van der Waals surface area contributed by atoms with Crippen molar-refractivity contribution in [2.75, 3.05) is 6.54 Å². The minimum Gasteiger partial charge on any atom is -0.480 e. The molecule has 1 aromatic rings. The number of amides is 3. The monoisotopic (exact) mass is 261 g/mol. The summed E-state index contributed by atoms with van der Waals surface area (Å²) in [6.45, 7) is 3.67. The molecule has 0 aromatic heterocycles. The Balaban J connectivity index is 2.64. The number of nitrogens with one attached hydrogen (secondary N) is 2. The predicted molar refractivity (Wildman–Crippen MR) is 68.5 cm³/mol. The summed E-state index contributed by atoms with van der Waals surface area (Å²) < 4.78 is 5.36. The molecule has 100 valence electrons. The Morgan fingerprint density at radius 2 is 2.11 bits per heavy atom. The van der Waals surface area contributed by atoms with Gasteiger partial charge in [0.15, 0.2) is 6.10 Å². The lowest BCUT2D eigenvalue weighted by Gasteiger charge is -2.14. The summed E-state index contributed by atoms with van der Waals surface area (Å²) in [7, 11) is 0. The minimum atomic E-state index is -0.878. The van der Waals surface area contributed by atoms with E-state index < -0.39 is 18.0 Å². The second kappa shape index (κ2) is 7.01. The number of para-hydroxylation sites is 1. The van der Waals surface area contributed by atoms with E-state index in [-0.39, 0.29) is 0 Å². The summed E-state index contributed by atoms with van der Waals surface area (Å²) in [5.41, 5.74) is 0.333. The Hall–Kier alpha value is -2.55. The van der Waals surface area contributed by atoms with E-state index in [1.165, 1.54) is 6.92 Å². The predicted octanol–water partition coefficient (Wildman–Crippen LogP) is 1.17. The molecule has 0 heterocycles. The van der Waals surface area contributed by atoms with Crippen molar-refractivity contribution >= 4 is 11.9 Å². The number of carbonyl (C=O) groups is 2. The number of benzene rings is 1. The summed E-state index contributed by atoms with van der Waals surface area (Å²) >= 11 is 0. The molecule has 0 aliphatic heterocycles. The van der Waals surface area contributed by atoms with Crippen LogP contribution in [0.4, 0.5) is 4.79 Å². The molecule has 0 saturated heterocycles. The molecule has 1 atom stereocenters. The fourth-order valence-corrected chi connectivity index (χ4v) is 1.32. The Morgan fingerprint density at radius 3 is 2.74 bits per heavy atom. The first-order valence-electron chi connectivity index (χ1n) is 5.83. The Bertz CT molecular complexity index is 508. The van der Waals surface area contributed by atoms with E-state index in [1.54, 1.807) is 31.2 Å². The van der Waals surface area contributed by atoms with Gasteiger partial charge in [0.1, 0.15) is 11.8 Å². The summed E-state index contributed by atoms with van der Waals surface area (Å²) in [5.74, 6) is -0.262. The molecule has 0 spiro atoms. The van der Waals surface area contributed by atoms with E-state index in [0.29, 0.717) is 17.9 Å². The first kappa shape index (κ1) is 14.5. The molecule has 2 N–H and O–H groups in total. The number of hydrogen-bond donors (Lipinski definition) is 2. The van der Waals surface area contributed by atoms with E-state index in [4.69, 9.17) is 10.00 Å². The first-order chi connectivity index (χ1) is 9.08. The molecule has 19 heavy (non-hydrogen) atoms. The first-order valence-corrected chi connectivity index (χ1v) is 5.83. The number of urea groups is 1. The lowest BCUT2D eigenvalue weighted by atomic mass is 10.2. The van der Waals surface area contributed by atoms with Crippen LogP contribution in [0.3, 0.4) is 0 Å². The zero-order valence-corrected chi connectivity index (χ0v) is 10.8. The highest BCUT2D eigenvalue weighted by atomic mass is 16.5. The van der Waals surface area contributed by atoms with Crippen LogP contribution in [0.1, 0.15) is 19.4 Å². The van der Waals surface area contributed by atoms with Gasteiger partial charge in [-0.15, -0.1) is 0 Å². The van der Waals surface area contributed by atoms with Gasteiger partial charge >= 0.3 is 6.03 Å². The fourth-order valence-electron chi connectivity index (χ4n) is 1.32. The van der Waals surface area contributed by atoms with Crippen molar-refractivity contribution in [1.82, 2.24) is 10.6 Å². The number of carbonyl (C=O) groups excluding carboxylic acids is 2. The normalized spacial score (nSPS) is 11.0. The number of imide groups is 1. The van der Waals surface area contributed by atoms with Gasteiger partial charge in [-0.25, -0.2) is 4.79 Å². The zero-order chi connectivity index (χ0) is 14.3. The quantitative estimate of drug-likeness (QED) is 0.851. The SMILES string of the molecule is CCNC(=O)NC(=O)[C@@H](C)Oc1ccccc1C#N. The molecule has 3 amide bonds. The number of ether oxygens (including phenoxy) is 1. The van der Waals surface area contributed by atoms with Crippen LogP contribution in [0.5, 0.6) is 5.75 Å². The molecular weight excluding hydrogens is 246 g/mol. The topological polar surface area (TPSA) is 91.2 Å². The Labute approximate surface area is 111 Å². The van der Waals surface area contributed by atoms with Gasteiger partial charge < -0.3 is 10.1 Å². The van der Waals surface area contributed by atoms with Crippen molar-refractivity contribution in [3.05, 3.63) is 29.8 Å². The number of nitrogens with zero attached hydrogens (tertiary/aromatic N) is 1. The number of nitriles is 1. The highest BCUT2D eigenvalue weighted by molar-refractivity contribution is 5.96. The standard InChI is InChI=1S/C13H15N3O3/c1-3-15-13(18)16-12(17)9(2)19-11-7-5-4-6-10(11)8-14/h4-7,9H,3H2,1-2H3,(H2,15,16,17,18)/t9-/m1/s1. The second-order valence-corrected chi connectivity index (χ2v) is 3.72. The van der Waals surface area contributed by atoms with Gasteiger partial charge in [-0.2, -0.15) is 5.26 Å². The maximum atomic E-state index is 11.7. The van der Waals surface area contributed by atoms with Crippen LogP contribution in [-0.4, -0.2) is 24.6 Å². The average Bonchev–Trinajstić information content (AvgIpc) is 2.39. The molecule has 1 rings (SSSR count). The molecule has 0 saturated carbocycles. The molecule has 6 nitrogen and oxygen atoms in total. The van der Waals surface area contributed by atoms with Crippen LogP contribution in [0.2, 0.25) is 0 Å². The number of hydrogen-bond acceptors (Lipinski definition) is 4. The van der Waals surface area contributed by atoms with E-state index in [0.717, 1.165) is 0 Å². The summed E-state index contributed by atoms with van der Waals surface area (Å²) in [5, 5.41) is 13.5. The third-order valence-electron chi connectivity index (χ3n) is 2.25. The molecular formula is C13H15N3O3. The molecule has 1 aromatic carbocycles. The molecule has 0 unspecified atom stereocenters. The minimum absolute atomic E-state index is 0.309. The third-order valence-corrected chi connectivity index (χ3v) is 2.25. The Morgan fingerprint density at radius 1 is 1.42 bits per heavy atom. The summed E-state index contributed by atoms with van der Waals surface area (Å²) in [6.07, 6.45) is -0.878. The van der Waals surface area contributed by atoms with Crippen LogP contribution >= 0.6 is 0 Å². The maximum absolute atomic E-state index is 11.7. The maximum Gasteiger partial charge on any atom is 0.321 e. The Kier molecular flexibility index (Phi) is 5.35. The van der Waals surface area contributed by atoms with Gasteiger partial charge in [0, 0.05) is 6.54 Å². The van der Waals surface area contributed by atoms with Crippen molar-refractivity contribution in [2.45, 2.75) is 20.0 Å². The van der Waals surface area contributed by atoms with Crippen LogP contribution in [-0.2, 0) is 4.79 Å². The third kappa shape index (κ3) is 4.32. The number of rotatable bonds is 4. The fraction of sp³-hybridized carbons (Fsp3) is 0.308. The molecule has 6 heteroatoms. The van der Waals surface area contributed by atoms with Crippen LogP contribution in [0.25, 0.3) is 0 Å². The van der Waals surface area contributed by atoms with E-state index in [2.05, 4.69) is 10.6 Å². The van der Waals surface area contributed by atoms with E-state index in [1.807, 2.05) is 6.07 Å². The van der Waals surface area contributed by atoms with E-state index >= 15 is 0 Å². The van der Waals surface area contributed by atoms with Crippen molar-refractivity contribution < 1.29 is 14.3 Å². The molecule has 0 aliphatic rings. The van der Waals surface area contributed by atoms with Gasteiger partial charge in [0.2, 0.25) is 0 Å². The lowest BCUT2D eigenvalue weighted by Crippen LogP contribution is -2.45. The smallest absolute Gasteiger partial charge is 0.321 e. The second-order valence-electron chi connectivity index (χ2n) is 3.72.